The molecular formula is C14H26O2S. The quantitative estimate of drug-likeness (QED) is 0.800. The fourth-order valence-electron chi connectivity index (χ4n) is 3.55. The number of aliphatic hydroxyl groups is 2. The molecule has 2 fully saturated rings. The van der Waals surface area contributed by atoms with Crippen LogP contribution in [0.15, 0.2) is 0 Å². The molecule has 2 nitrogen and oxygen atoms in total. The summed E-state index contributed by atoms with van der Waals surface area (Å²) < 4.78 is 0. The zero-order valence-corrected chi connectivity index (χ0v) is 11.6. The third kappa shape index (κ3) is 2.82. The molecule has 100 valence electrons. The van der Waals surface area contributed by atoms with E-state index >= 15 is 0 Å². The van der Waals surface area contributed by atoms with Crippen LogP contribution in [0, 0.1) is 5.41 Å². The van der Waals surface area contributed by atoms with E-state index in [1.165, 1.54) is 37.9 Å². The molecule has 0 aromatic heterocycles. The van der Waals surface area contributed by atoms with Crippen LogP contribution in [0.4, 0.5) is 0 Å². The van der Waals surface area contributed by atoms with Crippen LogP contribution in [0.5, 0.6) is 0 Å². The van der Waals surface area contributed by atoms with E-state index in [-0.39, 0.29) is 12.0 Å². The summed E-state index contributed by atoms with van der Waals surface area (Å²) in [4.78, 5) is 0. The number of aliphatic hydroxyl groups excluding tert-OH is 1. The Bertz CT molecular complexity index is 228. The van der Waals surface area contributed by atoms with Gasteiger partial charge in [-0.1, -0.05) is 32.1 Å². The van der Waals surface area contributed by atoms with Gasteiger partial charge >= 0.3 is 0 Å². The van der Waals surface area contributed by atoms with Crippen molar-refractivity contribution in [3.63, 3.8) is 0 Å². The van der Waals surface area contributed by atoms with E-state index < -0.39 is 5.60 Å². The normalized spacial score (nSPS) is 34.9. The first-order valence-electron chi connectivity index (χ1n) is 7.13. The third-order valence-electron chi connectivity index (χ3n) is 4.82. The lowest BCUT2D eigenvalue weighted by molar-refractivity contribution is -0.113. The Morgan fingerprint density at radius 2 is 1.53 bits per heavy atom. The molecular weight excluding hydrogens is 232 g/mol. The molecule has 2 N–H and O–H groups in total. The van der Waals surface area contributed by atoms with Crippen LogP contribution in [0.2, 0.25) is 0 Å². The van der Waals surface area contributed by atoms with Crippen molar-refractivity contribution in [1.29, 1.82) is 0 Å². The smallest absolute Gasteiger partial charge is 0.0815 e. The molecule has 0 bridgehead atoms. The molecule has 17 heavy (non-hydrogen) atoms. The van der Waals surface area contributed by atoms with Crippen LogP contribution in [0.25, 0.3) is 0 Å². The van der Waals surface area contributed by atoms with Crippen molar-refractivity contribution in [2.24, 2.45) is 5.41 Å². The minimum atomic E-state index is -0.609. The van der Waals surface area contributed by atoms with Crippen LogP contribution < -0.4 is 0 Å². The van der Waals surface area contributed by atoms with Crippen LogP contribution in [-0.2, 0) is 0 Å². The first-order valence-corrected chi connectivity index (χ1v) is 8.29. The second-order valence-corrected chi connectivity index (χ2v) is 7.00. The average molecular weight is 258 g/mol. The molecule has 1 unspecified atom stereocenters. The van der Waals surface area contributed by atoms with E-state index in [0.29, 0.717) is 0 Å². The highest BCUT2D eigenvalue weighted by molar-refractivity contribution is 7.99. The molecule has 1 aliphatic carbocycles. The first-order chi connectivity index (χ1) is 8.22. The standard InChI is InChI=1S/C14H26O2S/c15-11-13(7-4-2-1-3-5-8-13)14(16)9-6-10-17-12-14/h15-16H,1-12H2. The molecule has 2 aliphatic rings. The van der Waals surface area contributed by atoms with Gasteiger partial charge < -0.3 is 10.2 Å². The second kappa shape index (κ2) is 5.94. The zero-order valence-electron chi connectivity index (χ0n) is 10.8. The lowest BCUT2D eigenvalue weighted by atomic mass is 9.64. The lowest BCUT2D eigenvalue weighted by Crippen LogP contribution is -2.54. The Kier molecular flexibility index (Phi) is 4.79. The summed E-state index contributed by atoms with van der Waals surface area (Å²) in [7, 11) is 0. The first kappa shape index (κ1) is 13.7. The highest BCUT2D eigenvalue weighted by atomic mass is 32.2. The van der Waals surface area contributed by atoms with Crippen molar-refractivity contribution in [3.05, 3.63) is 0 Å². The van der Waals surface area contributed by atoms with E-state index in [0.717, 1.165) is 31.4 Å². The van der Waals surface area contributed by atoms with Crippen LogP contribution in [-0.4, -0.2) is 33.9 Å². The SMILES string of the molecule is OCC1(C2(O)CCCSC2)CCCCCCC1. The molecule has 1 saturated carbocycles. The highest BCUT2D eigenvalue weighted by Crippen LogP contribution is 2.48. The van der Waals surface area contributed by atoms with Gasteiger partial charge in [0, 0.05) is 11.2 Å². The highest BCUT2D eigenvalue weighted by Gasteiger charge is 2.49. The molecule has 0 amide bonds. The van der Waals surface area contributed by atoms with Crippen molar-refractivity contribution >= 4 is 11.8 Å². The summed E-state index contributed by atoms with van der Waals surface area (Å²) in [6.45, 7) is 0.171. The van der Waals surface area contributed by atoms with Gasteiger partial charge in [-0.25, -0.2) is 0 Å². The van der Waals surface area contributed by atoms with Crippen LogP contribution >= 0.6 is 11.8 Å². The molecule has 0 radical (unpaired) electrons. The van der Waals surface area contributed by atoms with Crippen molar-refractivity contribution < 1.29 is 10.2 Å². The molecule has 0 spiro atoms. The maximum absolute atomic E-state index is 11.0. The molecule has 2 rings (SSSR count). The number of thioether (sulfide) groups is 1. The molecule has 3 heteroatoms. The van der Waals surface area contributed by atoms with Gasteiger partial charge in [0.05, 0.1) is 12.2 Å². The van der Waals surface area contributed by atoms with Gasteiger partial charge in [0.25, 0.3) is 0 Å². The Balaban J connectivity index is 2.14. The van der Waals surface area contributed by atoms with Gasteiger partial charge in [0.15, 0.2) is 0 Å². The predicted octanol–water partition coefficient (Wildman–Crippen LogP) is 2.97. The largest absolute Gasteiger partial charge is 0.396 e. The fourth-order valence-corrected chi connectivity index (χ4v) is 4.83. The maximum Gasteiger partial charge on any atom is 0.0815 e. The third-order valence-corrected chi connectivity index (χ3v) is 6.08. The van der Waals surface area contributed by atoms with Crippen molar-refractivity contribution in [1.82, 2.24) is 0 Å². The summed E-state index contributed by atoms with van der Waals surface area (Å²) in [6.07, 6.45) is 10.2. The Labute approximate surface area is 109 Å². The zero-order chi connectivity index (χ0) is 12.2. The monoisotopic (exact) mass is 258 g/mol. The van der Waals surface area contributed by atoms with E-state index in [9.17, 15) is 10.2 Å². The van der Waals surface area contributed by atoms with Crippen LogP contribution in [0.3, 0.4) is 0 Å². The van der Waals surface area contributed by atoms with E-state index in [4.69, 9.17) is 0 Å². The lowest BCUT2D eigenvalue weighted by Gasteiger charge is -2.49. The van der Waals surface area contributed by atoms with Crippen LogP contribution in [0.1, 0.15) is 57.8 Å². The number of rotatable bonds is 2. The minimum absolute atomic E-state index is 0.171. The Morgan fingerprint density at radius 1 is 0.882 bits per heavy atom. The van der Waals surface area contributed by atoms with E-state index in [2.05, 4.69) is 0 Å². The van der Waals surface area contributed by atoms with Crippen molar-refractivity contribution in [2.45, 2.75) is 63.4 Å². The van der Waals surface area contributed by atoms with E-state index in [1.54, 1.807) is 0 Å². The van der Waals surface area contributed by atoms with E-state index in [1.807, 2.05) is 11.8 Å². The summed E-state index contributed by atoms with van der Waals surface area (Å²) in [5.41, 5.74) is -0.817. The van der Waals surface area contributed by atoms with Crippen molar-refractivity contribution in [3.8, 4) is 0 Å². The molecule has 0 aromatic carbocycles. The minimum Gasteiger partial charge on any atom is -0.396 e. The van der Waals surface area contributed by atoms with Gasteiger partial charge in [-0.2, -0.15) is 11.8 Å². The number of hydrogen-bond donors (Lipinski definition) is 2. The Morgan fingerprint density at radius 3 is 2.06 bits per heavy atom. The predicted molar refractivity (Wildman–Crippen MR) is 73.3 cm³/mol. The topological polar surface area (TPSA) is 40.5 Å². The summed E-state index contributed by atoms with van der Waals surface area (Å²) in [5.74, 6) is 2.00. The number of hydrogen-bond acceptors (Lipinski definition) is 3. The average Bonchev–Trinajstić information content (AvgIpc) is 2.30. The molecule has 0 aromatic rings. The van der Waals surface area contributed by atoms with Crippen molar-refractivity contribution in [2.75, 3.05) is 18.1 Å². The molecule has 1 aliphatic heterocycles. The van der Waals surface area contributed by atoms with Gasteiger partial charge in [0.2, 0.25) is 0 Å². The van der Waals surface area contributed by atoms with Gasteiger partial charge in [-0.05, 0) is 31.4 Å². The fraction of sp³-hybridized carbons (Fsp3) is 1.00. The van der Waals surface area contributed by atoms with Gasteiger partial charge in [-0.15, -0.1) is 0 Å². The second-order valence-electron chi connectivity index (χ2n) is 5.89. The van der Waals surface area contributed by atoms with Gasteiger partial charge in [0.1, 0.15) is 0 Å². The summed E-state index contributed by atoms with van der Waals surface area (Å²) >= 11 is 1.86. The summed E-state index contributed by atoms with van der Waals surface area (Å²) in [5, 5.41) is 20.9. The molecule has 1 heterocycles. The van der Waals surface area contributed by atoms with Gasteiger partial charge in [-0.3, -0.25) is 0 Å². The maximum atomic E-state index is 11.0. The Hall–Kier alpha value is 0.270. The molecule has 1 saturated heterocycles. The molecule has 1 atom stereocenters. The summed E-state index contributed by atoms with van der Waals surface area (Å²) in [6, 6.07) is 0.